The van der Waals surface area contributed by atoms with Gasteiger partial charge < -0.3 is 21.3 Å². The van der Waals surface area contributed by atoms with Crippen molar-refractivity contribution in [3.8, 4) is 0 Å². The minimum atomic E-state index is -2.97. The van der Waals surface area contributed by atoms with E-state index in [0.717, 1.165) is 73.3 Å². The standard InChI is InChI=1S/C16H14ClNO.C8H8O2.C7H15NO2S.CH3NO.CH4O/c1-10-6-7-14(17)13(8-10)15-9-11-4-2-3-5-12(11)16(19)18-15;9-5-7-2-1-3-8(4-7)6-10;1-11(9,10)8-7-5-3-2-4-6-7;2-1-3;1-2/h2-8,15H,9H2,1H3,(H,18,19);1-5,10H,6H2;7-8H,2-6H2,1H3;1H,(H2,2,3);2H,1H3/t15-;;;;/m1..../s1. The van der Waals surface area contributed by atoms with E-state index in [4.69, 9.17) is 26.6 Å². The van der Waals surface area contributed by atoms with Crippen LogP contribution in [0.1, 0.15) is 81.1 Å². The van der Waals surface area contributed by atoms with Crippen molar-refractivity contribution in [2.45, 2.75) is 64.1 Å². The number of amides is 2. The van der Waals surface area contributed by atoms with Gasteiger partial charge in [-0.25, -0.2) is 13.1 Å². The molecule has 10 nitrogen and oxygen atoms in total. The van der Waals surface area contributed by atoms with Crippen molar-refractivity contribution in [1.82, 2.24) is 10.0 Å². The van der Waals surface area contributed by atoms with Gasteiger partial charge in [0.15, 0.2) is 0 Å². The van der Waals surface area contributed by atoms with Crippen LogP contribution in [0, 0.1) is 6.92 Å². The largest absolute Gasteiger partial charge is 0.400 e. The SMILES string of the molecule is CO.CS(=O)(=O)NC1CCCCC1.Cc1ccc(Cl)c([C@H]2Cc3ccccc3C(=O)N2)c1.NC=O.O=Cc1cccc(CO)c1. The lowest BCUT2D eigenvalue weighted by Crippen LogP contribution is -2.35. The van der Waals surface area contributed by atoms with E-state index in [2.05, 4.69) is 15.8 Å². The molecule has 1 atom stereocenters. The number of aryl methyl sites for hydroxylation is 1. The summed E-state index contributed by atoms with van der Waals surface area (Å²) in [5.74, 6) is -0.0237. The molecule has 0 radical (unpaired) electrons. The van der Waals surface area contributed by atoms with Crippen LogP contribution >= 0.6 is 11.6 Å². The van der Waals surface area contributed by atoms with Crippen LogP contribution in [0.25, 0.3) is 0 Å². The first-order chi connectivity index (χ1) is 21.5. The average molecular weight is 662 g/mol. The molecular formula is C33H44ClN3O7S. The number of hydrogen-bond acceptors (Lipinski definition) is 7. The minimum Gasteiger partial charge on any atom is -0.400 e. The molecule has 3 aromatic carbocycles. The second-order valence-corrected chi connectivity index (χ2v) is 12.5. The molecule has 1 heterocycles. The smallest absolute Gasteiger partial charge is 0.252 e. The van der Waals surface area contributed by atoms with Crippen LogP contribution in [-0.2, 0) is 27.8 Å². The third-order valence-electron chi connectivity index (χ3n) is 6.77. The summed E-state index contributed by atoms with van der Waals surface area (Å²) >= 11 is 6.25. The highest BCUT2D eigenvalue weighted by Crippen LogP contribution is 2.30. The summed E-state index contributed by atoms with van der Waals surface area (Å²) in [5, 5.41) is 19.4. The molecule has 1 saturated carbocycles. The normalized spacial score (nSPS) is 15.3. The minimum absolute atomic E-state index is 0.0122. The third kappa shape index (κ3) is 14.8. The molecule has 12 heteroatoms. The predicted octanol–water partition coefficient (Wildman–Crippen LogP) is 4.25. The van der Waals surface area contributed by atoms with Gasteiger partial charge in [0.05, 0.1) is 18.9 Å². The van der Waals surface area contributed by atoms with Crippen LogP contribution < -0.4 is 15.8 Å². The molecule has 6 N–H and O–H groups in total. The Morgan fingerprint density at radius 1 is 1.00 bits per heavy atom. The number of halogens is 1. The number of nitrogens with one attached hydrogen (secondary N) is 2. The highest BCUT2D eigenvalue weighted by Gasteiger charge is 2.26. The van der Waals surface area contributed by atoms with Crippen molar-refractivity contribution in [2.24, 2.45) is 5.73 Å². The highest BCUT2D eigenvalue weighted by molar-refractivity contribution is 7.88. The Morgan fingerprint density at radius 3 is 2.24 bits per heavy atom. The van der Waals surface area contributed by atoms with Gasteiger partial charge in [0.25, 0.3) is 5.91 Å². The predicted molar refractivity (Wildman–Crippen MR) is 178 cm³/mol. The molecule has 3 aromatic rings. The lowest BCUT2D eigenvalue weighted by Gasteiger charge is -2.26. The molecule has 0 bridgehead atoms. The van der Waals surface area contributed by atoms with Gasteiger partial charge in [0.1, 0.15) is 6.29 Å². The summed E-state index contributed by atoms with van der Waals surface area (Å²) < 4.78 is 24.2. The Bertz CT molecular complexity index is 1460. The second kappa shape index (κ2) is 21.2. The summed E-state index contributed by atoms with van der Waals surface area (Å²) in [4.78, 5) is 30.9. The number of sulfonamides is 1. The summed E-state index contributed by atoms with van der Waals surface area (Å²) in [6.45, 7) is 2.01. The Balaban J connectivity index is 0.000000335. The first kappa shape index (κ1) is 39.4. The van der Waals surface area contributed by atoms with Crippen molar-refractivity contribution in [2.75, 3.05) is 13.4 Å². The summed E-state index contributed by atoms with van der Waals surface area (Å²) in [7, 11) is -1.97. The van der Waals surface area contributed by atoms with Crippen LogP contribution in [0.4, 0.5) is 0 Å². The van der Waals surface area contributed by atoms with Crippen molar-refractivity contribution in [1.29, 1.82) is 0 Å². The highest BCUT2D eigenvalue weighted by atomic mass is 35.5. The van der Waals surface area contributed by atoms with Crippen molar-refractivity contribution < 1.29 is 33.0 Å². The maximum Gasteiger partial charge on any atom is 0.252 e. The summed E-state index contributed by atoms with van der Waals surface area (Å²) in [6, 6.07) is 20.7. The molecule has 45 heavy (non-hydrogen) atoms. The maximum atomic E-state index is 12.1. The molecule has 5 rings (SSSR count). The van der Waals surface area contributed by atoms with Crippen molar-refractivity contribution in [3.63, 3.8) is 0 Å². The van der Waals surface area contributed by atoms with Gasteiger partial charge in [0, 0.05) is 29.3 Å². The number of fused-ring (bicyclic) bond motifs is 1. The molecule has 2 amide bonds. The molecule has 0 aromatic heterocycles. The zero-order chi connectivity index (χ0) is 33.8. The van der Waals surface area contributed by atoms with Gasteiger partial charge in [-0.15, -0.1) is 0 Å². The van der Waals surface area contributed by atoms with Crippen LogP contribution in [0.3, 0.4) is 0 Å². The molecule has 0 spiro atoms. The number of benzene rings is 3. The number of primary amides is 1. The van der Waals surface area contributed by atoms with Crippen molar-refractivity contribution in [3.05, 3.63) is 105 Å². The lowest BCUT2D eigenvalue weighted by molar-refractivity contribution is -0.106. The molecular weight excluding hydrogens is 618 g/mol. The van der Waals surface area contributed by atoms with Gasteiger partial charge >= 0.3 is 0 Å². The van der Waals surface area contributed by atoms with E-state index < -0.39 is 10.0 Å². The fourth-order valence-electron chi connectivity index (χ4n) is 4.83. The second-order valence-electron chi connectivity index (χ2n) is 10.3. The molecule has 0 saturated heterocycles. The van der Waals surface area contributed by atoms with E-state index >= 15 is 0 Å². The zero-order valence-corrected chi connectivity index (χ0v) is 27.5. The monoisotopic (exact) mass is 661 g/mol. The van der Waals surface area contributed by atoms with E-state index in [1.54, 1.807) is 24.3 Å². The Kier molecular flexibility index (Phi) is 18.6. The fraction of sp³-hybridized carbons (Fsp3) is 0.364. The molecule has 246 valence electrons. The van der Waals surface area contributed by atoms with E-state index in [0.29, 0.717) is 10.6 Å². The van der Waals surface area contributed by atoms with Crippen LogP contribution in [0.2, 0.25) is 5.02 Å². The van der Waals surface area contributed by atoms with E-state index in [9.17, 15) is 18.0 Å². The van der Waals surface area contributed by atoms with Crippen LogP contribution in [0.5, 0.6) is 0 Å². The number of carbonyl (C=O) groups is 3. The first-order valence-electron chi connectivity index (χ1n) is 14.4. The van der Waals surface area contributed by atoms with Gasteiger partial charge in [-0.3, -0.25) is 14.4 Å². The van der Waals surface area contributed by atoms with Gasteiger partial charge in [0.2, 0.25) is 16.4 Å². The summed E-state index contributed by atoms with van der Waals surface area (Å²) in [5.41, 5.74) is 9.52. The van der Waals surface area contributed by atoms with Gasteiger partial charge in [-0.05, 0) is 61.1 Å². The number of carbonyl (C=O) groups excluding carboxylic acids is 3. The van der Waals surface area contributed by atoms with Crippen molar-refractivity contribution >= 4 is 40.2 Å². The lowest BCUT2D eigenvalue weighted by atomic mass is 9.91. The molecule has 1 aliphatic carbocycles. The Labute approximate surface area is 271 Å². The topological polar surface area (TPSA) is 176 Å². The zero-order valence-electron chi connectivity index (χ0n) is 25.9. The Morgan fingerprint density at radius 2 is 1.64 bits per heavy atom. The average Bonchev–Trinajstić information content (AvgIpc) is 3.04. The van der Waals surface area contributed by atoms with Crippen LogP contribution in [0.15, 0.2) is 66.7 Å². The Hall–Kier alpha value is -3.61. The van der Waals surface area contributed by atoms with Gasteiger partial charge in [-0.2, -0.15) is 0 Å². The number of aliphatic hydroxyl groups is 2. The number of rotatable bonds is 5. The number of nitrogens with two attached hydrogens (primary N) is 1. The molecule has 1 aliphatic heterocycles. The maximum absolute atomic E-state index is 12.1. The number of aldehydes is 1. The number of aliphatic hydroxyl groups excluding tert-OH is 2. The summed E-state index contributed by atoms with van der Waals surface area (Å²) in [6.07, 6.45) is 8.61. The first-order valence-corrected chi connectivity index (χ1v) is 16.6. The molecule has 1 fully saturated rings. The molecule has 0 unspecified atom stereocenters. The van der Waals surface area contributed by atoms with E-state index in [1.807, 2.05) is 49.4 Å². The van der Waals surface area contributed by atoms with Crippen LogP contribution in [-0.4, -0.2) is 56.6 Å². The number of hydrogen-bond donors (Lipinski definition) is 5. The molecule has 2 aliphatic rings. The van der Waals surface area contributed by atoms with E-state index in [1.165, 1.54) is 12.7 Å². The van der Waals surface area contributed by atoms with Gasteiger partial charge in [-0.1, -0.05) is 85.0 Å². The van der Waals surface area contributed by atoms with E-state index in [-0.39, 0.29) is 31.0 Å². The fourth-order valence-corrected chi connectivity index (χ4v) is 5.92. The quantitative estimate of drug-likeness (QED) is 0.254. The third-order valence-corrected chi connectivity index (χ3v) is 7.88.